The first kappa shape index (κ1) is 15.6. The Morgan fingerprint density at radius 3 is 2.43 bits per heavy atom. The first-order valence-corrected chi connectivity index (χ1v) is 7.38. The number of ether oxygens (including phenoxy) is 1. The van der Waals surface area contributed by atoms with E-state index in [2.05, 4.69) is 31.0 Å². The highest BCUT2D eigenvalue weighted by Gasteiger charge is 2.04. The third kappa shape index (κ3) is 4.92. The van der Waals surface area contributed by atoms with Crippen LogP contribution in [0.4, 0.5) is 0 Å². The zero-order valence-electron chi connectivity index (χ0n) is 12.2. The summed E-state index contributed by atoms with van der Waals surface area (Å²) < 4.78 is 5.47. The highest BCUT2D eigenvalue weighted by atomic mass is 35.5. The Balaban J connectivity index is 1.87. The summed E-state index contributed by atoms with van der Waals surface area (Å²) in [4.78, 5) is 0. The summed E-state index contributed by atoms with van der Waals surface area (Å²) in [6, 6.07) is 16.3. The van der Waals surface area contributed by atoms with Crippen LogP contribution in [0.2, 0.25) is 5.02 Å². The Morgan fingerprint density at radius 1 is 1.14 bits per heavy atom. The normalized spacial score (nSPS) is 11.9. The van der Waals surface area contributed by atoms with E-state index in [9.17, 15) is 0 Å². The van der Waals surface area contributed by atoms with E-state index in [-0.39, 0.29) is 6.04 Å². The topological polar surface area (TPSA) is 21.3 Å². The van der Waals surface area contributed by atoms with Crippen molar-refractivity contribution < 1.29 is 4.74 Å². The molecule has 2 aromatic rings. The van der Waals surface area contributed by atoms with Crippen molar-refractivity contribution in [1.82, 2.24) is 5.32 Å². The molecule has 0 aliphatic carbocycles. The highest BCUT2D eigenvalue weighted by molar-refractivity contribution is 6.30. The van der Waals surface area contributed by atoms with Crippen LogP contribution in [0.5, 0.6) is 5.75 Å². The molecule has 1 N–H and O–H groups in total. The van der Waals surface area contributed by atoms with Crippen LogP contribution in [0.3, 0.4) is 0 Å². The lowest BCUT2D eigenvalue weighted by Crippen LogP contribution is -2.17. The van der Waals surface area contributed by atoms with Crippen molar-refractivity contribution in [2.24, 2.45) is 0 Å². The average Bonchev–Trinajstić information content (AvgIpc) is 2.52. The molecule has 0 heterocycles. The van der Waals surface area contributed by atoms with Crippen molar-refractivity contribution in [1.29, 1.82) is 0 Å². The second-order valence-electron chi connectivity index (χ2n) is 4.90. The molecule has 0 aromatic heterocycles. The van der Waals surface area contributed by atoms with Gasteiger partial charge < -0.3 is 10.1 Å². The fourth-order valence-corrected chi connectivity index (χ4v) is 2.12. The molecule has 3 heteroatoms. The number of benzene rings is 2. The molecule has 0 aliphatic rings. The summed E-state index contributed by atoms with van der Waals surface area (Å²) in [5.74, 6) is 0.865. The van der Waals surface area contributed by atoms with Gasteiger partial charge in [-0.15, -0.1) is 0 Å². The van der Waals surface area contributed by atoms with Crippen molar-refractivity contribution in [3.63, 3.8) is 0 Å². The van der Waals surface area contributed by atoms with Gasteiger partial charge in [0.15, 0.2) is 0 Å². The first-order valence-electron chi connectivity index (χ1n) is 7.00. The van der Waals surface area contributed by atoms with Crippen molar-refractivity contribution in [3.05, 3.63) is 77.3 Å². The van der Waals surface area contributed by atoms with Crippen molar-refractivity contribution >= 4 is 11.6 Å². The molecule has 1 unspecified atom stereocenters. The standard InChI is InChI=1S/C18H20ClNO/c1-3-12-21-18-10-4-15(5-11-18)13-20-14(2)16-6-8-17(19)9-7-16/h3-11,14,20H,1,12-13H2,2H3. The van der Waals surface area contributed by atoms with Gasteiger partial charge in [-0.3, -0.25) is 0 Å². The molecule has 0 spiro atoms. The number of rotatable bonds is 7. The first-order chi connectivity index (χ1) is 10.2. The van der Waals surface area contributed by atoms with E-state index in [0.717, 1.165) is 17.3 Å². The smallest absolute Gasteiger partial charge is 0.119 e. The maximum atomic E-state index is 5.90. The van der Waals surface area contributed by atoms with E-state index in [0.29, 0.717) is 6.61 Å². The minimum atomic E-state index is 0.277. The highest BCUT2D eigenvalue weighted by Crippen LogP contribution is 2.17. The molecular weight excluding hydrogens is 282 g/mol. The SMILES string of the molecule is C=CCOc1ccc(CNC(C)c2ccc(Cl)cc2)cc1. The van der Waals surface area contributed by atoms with Gasteiger partial charge in [-0.2, -0.15) is 0 Å². The summed E-state index contributed by atoms with van der Waals surface area (Å²) in [6.45, 7) is 7.12. The van der Waals surface area contributed by atoms with Gasteiger partial charge >= 0.3 is 0 Å². The van der Waals surface area contributed by atoms with Crippen LogP contribution in [0, 0.1) is 0 Å². The summed E-state index contributed by atoms with van der Waals surface area (Å²) in [5, 5.41) is 4.26. The summed E-state index contributed by atoms with van der Waals surface area (Å²) in [7, 11) is 0. The molecule has 110 valence electrons. The van der Waals surface area contributed by atoms with Crippen molar-refractivity contribution in [2.45, 2.75) is 19.5 Å². The predicted octanol–water partition coefficient (Wildman–Crippen LogP) is 4.76. The Morgan fingerprint density at radius 2 is 1.81 bits per heavy atom. The largest absolute Gasteiger partial charge is 0.490 e. The van der Waals surface area contributed by atoms with Gasteiger partial charge in [-0.25, -0.2) is 0 Å². The van der Waals surface area contributed by atoms with Crippen LogP contribution in [0.15, 0.2) is 61.2 Å². The van der Waals surface area contributed by atoms with E-state index < -0.39 is 0 Å². The van der Waals surface area contributed by atoms with E-state index in [1.165, 1.54) is 11.1 Å². The van der Waals surface area contributed by atoms with E-state index in [1.54, 1.807) is 6.08 Å². The second kappa shape index (κ2) is 7.87. The molecule has 0 radical (unpaired) electrons. The number of hydrogen-bond donors (Lipinski definition) is 1. The van der Waals surface area contributed by atoms with Crippen LogP contribution in [-0.4, -0.2) is 6.61 Å². The zero-order valence-corrected chi connectivity index (χ0v) is 12.9. The molecule has 0 bridgehead atoms. The summed E-state index contributed by atoms with van der Waals surface area (Å²) in [6.07, 6.45) is 1.74. The van der Waals surface area contributed by atoms with E-state index in [1.807, 2.05) is 36.4 Å². The Bertz CT molecular complexity index is 563. The van der Waals surface area contributed by atoms with Gasteiger partial charge in [0.2, 0.25) is 0 Å². The van der Waals surface area contributed by atoms with Crippen LogP contribution in [-0.2, 0) is 6.54 Å². The maximum absolute atomic E-state index is 5.90. The number of halogens is 1. The van der Waals surface area contributed by atoms with Crippen LogP contribution in [0.1, 0.15) is 24.1 Å². The molecule has 0 saturated heterocycles. The Hall–Kier alpha value is -1.77. The monoisotopic (exact) mass is 301 g/mol. The van der Waals surface area contributed by atoms with Crippen LogP contribution >= 0.6 is 11.6 Å². The third-order valence-electron chi connectivity index (χ3n) is 3.27. The fraction of sp³-hybridized carbons (Fsp3) is 0.222. The molecule has 2 nitrogen and oxygen atoms in total. The molecule has 2 aromatic carbocycles. The molecule has 1 atom stereocenters. The van der Waals surface area contributed by atoms with Crippen molar-refractivity contribution in [2.75, 3.05) is 6.61 Å². The van der Waals surface area contributed by atoms with Gasteiger partial charge in [-0.05, 0) is 42.3 Å². The quantitative estimate of drug-likeness (QED) is 0.745. The second-order valence-corrected chi connectivity index (χ2v) is 5.33. The number of hydrogen-bond acceptors (Lipinski definition) is 2. The number of nitrogens with one attached hydrogen (secondary N) is 1. The lowest BCUT2D eigenvalue weighted by Gasteiger charge is -2.14. The van der Waals surface area contributed by atoms with Gasteiger partial charge in [0.25, 0.3) is 0 Å². The van der Waals surface area contributed by atoms with Crippen molar-refractivity contribution in [3.8, 4) is 5.75 Å². The van der Waals surface area contributed by atoms with Crippen LogP contribution in [0.25, 0.3) is 0 Å². The summed E-state index contributed by atoms with van der Waals surface area (Å²) >= 11 is 5.90. The van der Waals surface area contributed by atoms with Gasteiger partial charge in [-0.1, -0.05) is 48.5 Å². The summed E-state index contributed by atoms with van der Waals surface area (Å²) in [5.41, 5.74) is 2.45. The zero-order chi connectivity index (χ0) is 15.1. The minimum Gasteiger partial charge on any atom is -0.490 e. The third-order valence-corrected chi connectivity index (χ3v) is 3.53. The maximum Gasteiger partial charge on any atom is 0.119 e. The molecule has 0 saturated carbocycles. The molecule has 0 fully saturated rings. The van der Waals surface area contributed by atoms with E-state index in [4.69, 9.17) is 16.3 Å². The lowest BCUT2D eigenvalue weighted by molar-refractivity contribution is 0.363. The van der Waals surface area contributed by atoms with Gasteiger partial charge in [0, 0.05) is 17.6 Å². The predicted molar refractivity (Wildman–Crippen MR) is 88.8 cm³/mol. The molecular formula is C18H20ClNO. The Labute approximate surface area is 131 Å². The average molecular weight is 302 g/mol. The lowest BCUT2D eigenvalue weighted by atomic mass is 10.1. The molecule has 0 aliphatic heterocycles. The van der Waals surface area contributed by atoms with Gasteiger partial charge in [0.05, 0.1) is 0 Å². The molecule has 0 amide bonds. The van der Waals surface area contributed by atoms with Gasteiger partial charge in [0.1, 0.15) is 12.4 Å². The minimum absolute atomic E-state index is 0.277. The van der Waals surface area contributed by atoms with Crippen LogP contribution < -0.4 is 10.1 Å². The Kier molecular flexibility index (Phi) is 5.85. The molecule has 2 rings (SSSR count). The molecule has 21 heavy (non-hydrogen) atoms. The van der Waals surface area contributed by atoms with E-state index >= 15 is 0 Å². The fourth-order valence-electron chi connectivity index (χ4n) is 2.00.